The molecule has 0 atom stereocenters. The van der Waals surface area contributed by atoms with Crippen molar-refractivity contribution < 1.29 is 9.59 Å². The van der Waals surface area contributed by atoms with Gasteiger partial charge < -0.3 is 10.6 Å². The molecule has 2 aromatic carbocycles. The maximum atomic E-state index is 12.4. The molecular weight excluding hydrogens is 392 g/mol. The van der Waals surface area contributed by atoms with E-state index in [1.54, 1.807) is 6.07 Å². The van der Waals surface area contributed by atoms with Crippen LogP contribution in [0.25, 0.3) is 10.2 Å². The highest BCUT2D eigenvalue weighted by molar-refractivity contribution is 7.80. The fourth-order valence-electron chi connectivity index (χ4n) is 2.63. The van der Waals surface area contributed by atoms with E-state index in [1.807, 2.05) is 50.2 Å². The zero-order valence-electron chi connectivity index (χ0n) is 15.5. The number of carbonyl (C=O) groups is 2. The van der Waals surface area contributed by atoms with Crippen LogP contribution in [0, 0.1) is 6.92 Å². The monoisotopic (exact) mass is 412 g/mol. The Morgan fingerprint density at radius 2 is 1.93 bits per heavy atom. The van der Waals surface area contributed by atoms with Gasteiger partial charge in [0.1, 0.15) is 0 Å². The number of nitrogens with one attached hydrogen (secondary N) is 3. The van der Waals surface area contributed by atoms with E-state index in [1.165, 1.54) is 11.3 Å². The van der Waals surface area contributed by atoms with Crippen molar-refractivity contribution in [2.45, 2.75) is 26.7 Å². The van der Waals surface area contributed by atoms with Crippen LogP contribution in [-0.4, -0.2) is 21.9 Å². The van der Waals surface area contributed by atoms with Gasteiger partial charge in [-0.2, -0.15) is 0 Å². The van der Waals surface area contributed by atoms with E-state index in [-0.39, 0.29) is 16.9 Å². The Bertz CT molecular complexity index is 1050. The molecule has 0 spiro atoms. The molecule has 144 valence electrons. The molecule has 1 heterocycles. The summed E-state index contributed by atoms with van der Waals surface area (Å²) in [6, 6.07) is 12.9. The first-order chi connectivity index (χ1) is 13.5. The molecular formula is C20H20N4O2S2. The second-order valence-electron chi connectivity index (χ2n) is 6.22. The summed E-state index contributed by atoms with van der Waals surface area (Å²) in [6.45, 7) is 3.83. The minimum absolute atomic E-state index is 0.0417. The number of anilines is 2. The maximum absolute atomic E-state index is 12.4. The molecule has 0 aliphatic rings. The standard InChI is InChI=1S/C20H20N4O2S2/c1-3-6-17(25)23-20-22-15-10-9-13(11-16(15)28-20)21-19(27)24-18(26)14-8-5-4-7-12(14)2/h4-5,7-11H,3,6H2,1-2H3,(H,22,23,25)(H2,21,24,26,27). The summed E-state index contributed by atoms with van der Waals surface area (Å²) in [5.41, 5.74) is 2.98. The molecule has 0 aliphatic heterocycles. The summed E-state index contributed by atoms with van der Waals surface area (Å²) >= 11 is 6.65. The number of aryl methyl sites for hydroxylation is 1. The van der Waals surface area contributed by atoms with Crippen LogP contribution in [0.2, 0.25) is 0 Å². The molecule has 3 rings (SSSR count). The summed E-state index contributed by atoms with van der Waals surface area (Å²) in [7, 11) is 0. The minimum Gasteiger partial charge on any atom is -0.332 e. The van der Waals surface area contributed by atoms with Gasteiger partial charge >= 0.3 is 0 Å². The SMILES string of the molecule is CCCC(=O)Nc1nc2ccc(NC(=S)NC(=O)c3ccccc3C)cc2s1. The third-order valence-corrected chi connectivity index (χ3v) is 5.12. The predicted molar refractivity (Wildman–Crippen MR) is 118 cm³/mol. The van der Waals surface area contributed by atoms with Gasteiger partial charge in [0.2, 0.25) is 5.91 Å². The zero-order valence-corrected chi connectivity index (χ0v) is 17.2. The summed E-state index contributed by atoms with van der Waals surface area (Å²) < 4.78 is 0.907. The van der Waals surface area contributed by atoms with Crippen LogP contribution in [-0.2, 0) is 4.79 Å². The van der Waals surface area contributed by atoms with Crippen molar-refractivity contribution in [2.24, 2.45) is 0 Å². The first-order valence-electron chi connectivity index (χ1n) is 8.84. The van der Waals surface area contributed by atoms with Gasteiger partial charge in [-0.25, -0.2) is 4.98 Å². The third kappa shape index (κ3) is 4.90. The molecule has 0 radical (unpaired) electrons. The van der Waals surface area contributed by atoms with Crippen LogP contribution in [0.5, 0.6) is 0 Å². The minimum atomic E-state index is -0.254. The number of nitrogens with zero attached hydrogens (tertiary/aromatic N) is 1. The second-order valence-corrected chi connectivity index (χ2v) is 7.66. The molecule has 28 heavy (non-hydrogen) atoms. The zero-order chi connectivity index (χ0) is 20.1. The van der Waals surface area contributed by atoms with Gasteiger partial charge in [-0.15, -0.1) is 0 Å². The Labute approximate surface area is 172 Å². The number of rotatable bonds is 5. The van der Waals surface area contributed by atoms with Crippen molar-refractivity contribution >= 4 is 61.5 Å². The van der Waals surface area contributed by atoms with Crippen molar-refractivity contribution in [1.82, 2.24) is 10.3 Å². The van der Waals surface area contributed by atoms with Gasteiger partial charge in [0.25, 0.3) is 5.91 Å². The number of hydrogen-bond donors (Lipinski definition) is 3. The maximum Gasteiger partial charge on any atom is 0.257 e. The number of hydrogen-bond acceptors (Lipinski definition) is 5. The van der Waals surface area contributed by atoms with E-state index in [4.69, 9.17) is 12.2 Å². The van der Waals surface area contributed by atoms with Crippen LogP contribution in [0.3, 0.4) is 0 Å². The molecule has 0 saturated heterocycles. The largest absolute Gasteiger partial charge is 0.332 e. The Kier molecular flexibility index (Phi) is 6.33. The summed E-state index contributed by atoms with van der Waals surface area (Å²) in [5, 5.41) is 9.30. The fraction of sp³-hybridized carbons (Fsp3) is 0.200. The first kappa shape index (κ1) is 19.9. The smallest absolute Gasteiger partial charge is 0.257 e. The van der Waals surface area contributed by atoms with Crippen molar-refractivity contribution in [3.05, 3.63) is 53.6 Å². The Balaban J connectivity index is 1.66. The van der Waals surface area contributed by atoms with Gasteiger partial charge in [-0.05, 0) is 55.4 Å². The highest BCUT2D eigenvalue weighted by Crippen LogP contribution is 2.28. The molecule has 1 aromatic heterocycles. The number of carbonyl (C=O) groups excluding carboxylic acids is 2. The highest BCUT2D eigenvalue weighted by atomic mass is 32.1. The molecule has 0 aliphatic carbocycles. The number of aromatic nitrogens is 1. The molecule has 6 nitrogen and oxygen atoms in total. The number of amides is 2. The number of benzene rings is 2. The van der Waals surface area contributed by atoms with Gasteiger partial charge in [-0.1, -0.05) is 36.5 Å². The quantitative estimate of drug-likeness (QED) is 0.539. The van der Waals surface area contributed by atoms with Crippen molar-refractivity contribution in [3.63, 3.8) is 0 Å². The van der Waals surface area contributed by atoms with E-state index in [9.17, 15) is 9.59 Å². The number of thiocarbonyl (C=S) groups is 1. The second kappa shape index (κ2) is 8.90. The number of thiazole rings is 1. The molecule has 8 heteroatoms. The van der Waals surface area contributed by atoms with Crippen LogP contribution >= 0.6 is 23.6 Å². The van der Waals surface area contributed by atoms with Crippen molar-refractivity contribution in [2.75, 3.05) is 10.6 Å². The van der Waals surface area contributed by atoms with Crippen molar-refractivity contribution in [1.29, 1.82) is 0 Å². The molecule has 0 fully saturated rings. The van der Waals surface area contributed by atoms with E-state index in [0.717, 1.165) is 27.9 Å². The van der Waals surface area contributed by atoms with E-state index in [2.05, 4.69) is 20.9 Å². The lowest BCUT2D eigenvalue weighted by atomic mass is 10.1. The third-order valence-electron chi connectivity index (χ3n) is 3.99. The summed E-state index contributed by atoms with van der Waals surface area (Å²) in [5.74, 6) is -0.296. The molecule has 2 amide bonds. The lowest BCUT2D eigenvalue weighted by molar-refractivity contribution is -0.116. The van der Waals surface area contributed by atoms with Gasteiger partial charge in [-0.3, -0.25) is 14.9 Å². The summed E-state index contributed by atoms with van der Waals surface area (Å²) in [6.07, 6.45) is 1.26. The average Bonchev–Trinajstić information content (AvgIpc) is 3.03. The van der Waals surface area contributed by atoms with Crippen LogP contribution < -0.4 is 16.0 Å². The molecule has 3 N–H and O–H groups in total. The van der Waals surface area contributed by atoms with Gasteiger partial charge in [0.15, 0.2) is 10.2 Å². The predicted octanol–water partition coefficient (Wildman–Crippen LogP) is 4.47. The fourth-order valence-corrected chi connectivity index (χ4v) is 3.76. The van der Waals surface area contributed by atoms with Crippen LogP contribution in [0.1, 0.15) is 35.7 Å². The highest BCUT2D eigenvalue weighted by Gasteiger charge is 2.11. The molecule has 0 unspecified atom stereocenters. The lowest BCUT2D eigenvalue weighted by Gasteiger charge is -2.10. The van der Waals surface area contributed by atoms with Crippen molar-refractivity contribution in [3.8, 4) is 0 Å². The van der Waals surface area contributed by atoms with E-state index in [0.29, 0.717) is 17.1 Å². The van der Waals surface area contributed by atoms with Gasteiger partial charge in [0, 0.05) is 17.7 Å². The van der Waals surface area contributed by atoms with E-state index < -0.39 is 0 Å². The van der Waals surface area contributed by atoms with E-state index >= 15 is 0 Å². The Morgan fingerprint density at radius 3 is 2.68 bits per heavy atom. The molecule has 0 saturated carbocycles. The molecule has 3 aromatic rings. The Hall–Kier alpha value is -2.84. The first-order valence-corrected chi connectivity index (χ1v) is 10.1. The molecule has 0 bridgehead atoms. The summed E-state index contributed by atoms with van der Waals surface area (Å²) in [4.78, 5) is 28.5. The average molecular weight is 413 g/mol. The van der Waals surface area contributed by atoms with Crippen LogP contribution in [0.15, 0.2) is 42.5 Å². The topological polar surface area (TPSA) is 83.1 Å². The lowest BCUT2D eigenvalue weighted by Crippen LogP contribution is -2.34. The normalized spacial score (nSPS) is 10.5. The Morgan fingerprint density at radius 1 is 1.14 bits per heavy atom. The van der Waals surface area contributed by atoms with Crippen LogP contribution in [0.4, 0.5) is 10.8 Å². The van der Waals surface area contributed by atoms with Gasteiger partial charge in [0.05, 0.1) is 10.2 Å². The number of fused-ring (bicyclic) bond motifs is 1.